The van der Waals surface area contributed by atoms with Crippen LogP contribution in [0, 0.1) is 5.41 Å². The molecule has 0 unspecified atom stereocenters. The van der Waals surface area contributed by atoms with Gasteiger partial charge in [0.2, 0.25) is 10.0 Å². The van der Waals surface area contributed by atoms with Gasteiger partial charge in [-0.1, -0.05) is 37.3 Å². The van der Waals surface area contributed by atoms with Crippen LogP contribution in [0.25, 0.3) is 0 Å². The maximum Gasteiger partial charge on any atom is 0.312 e. The first-order valence-corrected chi connectivity index (χ1v) is 9.36. The van der Waals surface area contributed by atoms with Crippen molar-refractivity contribution in [2.45, 2.75) is 32.3 Å². The van der Waals surface area contributed by atoms with Crippen molar-refractivity contribution in [2.24, 2.45) is 5.41 Å². The molecular weight excluding hydrogens is 318 g/mol. The number of carboxylic acids is 1. The molecule has 0 aromatic heterocycles. The fraction of sp³-hybridized carbons (Fsp3) is 0.562. The lowest BCUT2D eigenvalue weighted by Gasteiger charge is -2.42. The van der Waals surface area contributed by atoms with E-state index in [9.17, 15) is 23.4 Å². The average Bonchev–Trinajstić information content (AvgIpc) is 2.50. The van der Waals surface area contributed by atoms with Gasteiger partial charge in [0.15, 0.2) is 0 Å². The van der Waals surface area contributed by atoms with Crippen LogP contribution >= 0.6 is 0 Å². The third kappa shape index (κ3) is 3.73. The molecule has 7 heteroatoms. The normalized spacial score (nSPS) is 26.1. The second-order valence-electron chi connectivity index (χ2n) is 6.06. The summed E-state index contributed by atoms with van der Waals surface area (Å²) in [6.45, 7) is 1.73. The highest BCUT2D eigenvalue weighted by atomic mass is 32.2. The standard InChI is InChI=1S/C16H23NO5S/c1-2-10-23(21,22)17-9-8-16(15(19)20,14(18)12-17)11-13-6-4-3-5-7-13/h3-7,14,18H,2,8-12H2,1H3,(H,19,20)/t14-,16+/m0/s1. The highest BCUT2D eigenvalue weighted by Crippen LogP contribution is 2.36. The summed E-state index contributed by atoms with van der Waals surface area (Å²) in [5.41, 5.74) is -0.529. The summed E-state index contributed by atoms with van der Waals surface area (Å²) in [5.74, 6) is -1.07. The summed E-state index contributed by atoms with van der Waals surface area (Å²) in [4.78, 5) is 11.8. The van der Waals surface area contributed by atoms with Crippen LogP contribution < -0.4 is 0 Å². The zero-order chi connectivity index (χ0) is 17.1. The molecule has 0 bridgehead atoms. The van der Waals surface area contributed by atoms with Crippen molar-refractivity contribution in [1.29, 1.82) is 0 Å². The number of sulfonamides is 1. The number of β-amino-alcohol motifs (C(OH)–C–C–N with tert-alkyl or cyclic N) is 1. The van der Waals surface area contributed by atoms with Crippen LogP contribution in [0.5, 0.6) is 0 Å². The zero-order valence-corrected chi connectivity index (χ0v) is 14.0. The van der Waals surface area contributed by atoms with E-state index in [1.54, 1.807) is 6.92 Å². The third-order valence-corrected chi connectivity index (χ3v) is 6.51. The molecule has 0 saturated carbocycles. The van der Waals surface area contributed by atoms with Crippen molar-refractivity contribution in [3.8, 4) is 0 Å². The molecule has 0 spiro atoms. The number of aliphatic carboxylic acids is 1. The number of benzene rings is 1. The van der Waals surface area contributed by atoms with Crippen LogP contribution in [-0.4, -0.2) is 53.9 Å². The van der Waals surface area contributed by atoms with E-state index in [1.807, 2.05) is 30.3 Å². The van der Waals surface area contributed by atoms with Crippen molar-refractivity contribution < 1.29 is 23.4 Å². The highest BCUT2D eigenvalue weighted by Gasteiger charge is 2.50. The van der Waals surface area contributed by atoms with Gasteiger partial charge < -0.3 is 10.2 Å². The first-order valence-electron chi connectivity index (χ1n) is 7.75. The number of hydrogen-bond donors (Lipinski definition) is 2. The number of aliphatic hydroxyl groups excluding tert-OH is 1. The minimum atomic E-state index is -3.43. The van der Waals surface area contributed by atoms with Gasteiger partial charge in [-0.15, -0.1) is 0 Å². The van der Waals surface area contributed by atoms with Crippen molar-refractivity contribution in [1.82, 2.24) is 4.31 Å². The number of aliphatic hydroxyl groups is 1. The fourth-order valence-electron chi connectivity index (χ4n) is 3.08. The molecule has 1 aromatic carbocycles. The predicted octanol–water partition coefficient (Wildman–Crippen LogP) is 1.11. The second kappa shape index (κ2) is 6.98. The molecule has 2 atom stereocenters. The maximum absolute atomic E-state index is 12.1. The summed E-state index contributed by atoms with van der Waals surface area (Å²) in [5, 5.41) is 20.2. The van der Waals surface area contributed by atoms with E-state index in [0.29, 0.717) is 6.42 Å². The van der Waals surface area contributed by atoms with Gasteiger partial charge in [0.05, 0.1) is 11.9 Å². The lowest BCUT2D eigenvalue weighted by Crippen LogP contribution is -2.57. The molecule has 1 heterocycles. The summed E-state index contributed by atoms with van der Waals surface area (Å²) >= 11 is 0. The van der Waals surface area contributed by atoms with Gasteiger partial charge in [-0.25, -0.2) is 8.42 Å². The van der Waals surface area contributed by atoms with E-state index in [0.717, 1.165) is 5.56 Å². The van der Waals surface area contributed by atoms with E-state index in [2.05, 4.69) is 0 Å². The summed E-state index contributed by atoms with van der Waals surface area (Å²) in [7, 11) is -3.43. The Morgan fingerprint density at radius 2 is 2.00 bits per heavy atom. The lowest BCUT2D eigenvalue weighted by molar-refractivity contribution is -0.161. The number of rotatable bonds is 6. The maximum atomic E-state index is 12.1. The van der Waals surface area contributed by atoms with Gasteiger partial charge in [-0.05, 0) is 24.8 Å². The molecule has 0 amide bonds. The average molecular weight is 341 g/mol. The zero-order valence-electron chi connectivity index (χ0n) is 13.2. The van der Waals surface area contributed by atoms with E-state index in [4.69, 9.17) is 0 Å². The molecule has 2 N–H and O–H groups in total. The molecule has 1 aliphatic heterocycles. The molecular formula is C16H23NO5S. The minimum Gasteiger partial charge on any atom is -0.481 e. The van der Waals surface area contributed by atoms with Gasteiger partial charge in [0.25, 0.3) is 0 Å². The lowest BCUT2D eigenvalue weighted by atomic mass is 9.72. The minimum absolute atomic E-state index is 0.0124. The Morgan fingerprint density at radius 1 is 1.35 bits per heavy atom. The van der Waals surface area contributed by atoms with Gasteiger partial charge in [-0.2, -0.15) is 4.31 Å². The molecule has 128 valence electrons. The Kier molecular flexibility index (Phi) is 5.44. The Labute approximate surface area is 136 Å². The second-order valence-corrected chi connectivity index (χ2v) is 8.15. The summed E-state index contributed by atoms with van der Waals surface area (Å²) < 4.78 is 25.5. The molecule has 1 aliphatic rings. The van der Waals surface area contributed by atoms with Crippen molar-refractivity contribution >= 4 is 16.0 Å². The smallest absolute Gasteiger partial charge is 0.312 e. The fourth-order valence-corrected chi connectivity index (χ4v) is 4.59. The summed E-state index contributed by atoms with van der Waals surface area (Å²) in [6, 6.07) is 9.11. The van der Waals surface area contributed by atoms with Crippen LogP contribution in [0.3, 0.4) is 0 Å². The van der Waals surface area contributed by atoms with Crippen molar-refractivity contribution in [2.75, 3.05) is 18.8 Å². The Hall–Kier alpha value is -1.44. The van der Waals surface area contributed by atoms with Crippen LogP contribution in [-0.2, 0) is 21.2 Å². The van der Waals surface area contributed by atoms with E-state index < -0.39 is 27.5 Å². The molecule has 2 rings (SSSR count). The van der Waals surface area contributed by atoms with Crippen LogP contribution in [0.15, 0.2) is 30.3 Å². The molecule has 0 radical (unpaired) electrons. The molecule has 23 heavy (non-hydrogen) atoms. The largest absolute Gasteiger partial charge is 0.481 e. The van der Waals surface area contributed by atoms with Crippen LogP contribution in [0.2, 0.25) is 0 Å². The van der Waals surface area contributed by atoms with Crippen molar-refractivity contribution in [3.05, 3.63) is 35.9 Å². The number of carbonyl (C=O) groups is 1. The predicted molar refractivity (Wildman–Crippen MR) is 86.5 cm³/mol. The number of carboxylic acid groups (broad SMARTS) is 1. The van der Waals surface area contributed by atoms with Crippen LogP contribution in [0.1, 0.15) is 25.3 Å². The molecule has 0 aliphatic carbocycles. The van der Waals surface area contributed by atoms with Gasteiger partial charge in [0, 0.05) is 13.1 Å². The van der Waals surface area contributed by atoms with Gasteiger partial charge in [-0.3, -0.25) is 4.79 Å². The summed E-state index contributed by atoms with van der Waals surface area (Å²) in [6.07, 6.45) is -0.461. The van der Waals surface area contributed by atoms with E-state index in [-0.39, 0.29) is 31.7 Å². The number of hydrogen-bond acceptors (Lipinski definition) is 4. The van der Waals surface area contributed by atoms with Gasteiger partial charge in [0.1, 0.15) is 5.41 Å². The van der Waals surface area contributed by atoms with E-state index in [1.165, 1.54) is 4.31 Å². The Bertz CT molecular complexity index is 646. The molecule has 1 aromatic rings. The number of piperidine rings is 1. The van der Waals surface area contributed by atoms with Crippen LogP contribution in [0.4, 0.5) is 0 Å². The first kappa shape index (κ1) is 17.9. The topological polar surface area (TPSA) is 94.9 Å². The molecule has 1 fully saturated rings. The Balaban J connectivity index is 2.22. The van der Waals surface area contributed by atoms with Gasteiger partial charge >= 0.3 is 5.97 Å². The molecule has 1 saturated heterocycles. The highest BCUT2D eigenvalue weighted by molar-refractivity contribution is 7.89. The quantitative estimate of drug-likeness (QED) is 0.808. The van der Waals surface area contributed by atoms with Crippen molar-refractivity contribution in [3.63, 3.8) is 0 Å². The first-order chi connectivity index (χ1) is 10.8. The SMILES string of the molecule is CCCS(=O)(=O)N1CC[C@](Cc2ccccc2)(C(=O)O)[C@@H](O)C1. The Morgan fingerprint density at radius 3 is 2.52 bits per heavy atom. The van der Waals surface area contributed by atoms with E-state index >= 15 is 0 Å². The monoisotopic (exact) mass is 341 g/mol. The molecule has 6 nitrogen and oxygen atoms in total. The third-order valence-electron chi connectivity index (χ3n) is 4.47. The number of nitrogens with zero attached hydrogens (tertiary/aromatic N) is 1.